The van der Waals surface area contributed by atoms with Crippen molar-refractivity contribution >= 4 is 41.0 Å². The van der Waals surface area contributed by atoms with Crippen molar-refractivity contribution in [3.63, 3.8) is 0 Å². The number of piperidine rings is 1. The van der Waals surface area contributed by atoms with Gasteiger partial charge in [-0.3, -0.25) is 14.5 Å². The molecular formula is C33H28F2N6O4S. The number of thioether (sulfide) groups is 1. The average Bonchev–Trinajstić information content (AvgIpc) is 3.80. The molecule has 234 valence electrons. The molecular weight excluding hydrogens is 614 g/mol. The smallest absolute Gasteiger partial charge is 0.327 e. The molecule has 4 amide bonds. The molecule has 2 N–H and O–H groups in total. The van der Waals surface area contributed by atoms with Crippen molar-refractivity contribution in [3.8, 4) is 17.6 Å². The molecule has 4 heterocycles. The van der Waals surface area contributed by atoms with E-state index in [9.17, 15) is 19.6 Å². The number of nitrogens with zero attached hydrogens (tertiary/aromatic N) is 4. The molecule has 3 atom stereocenters. The van der Waals surface area contributed by atoms with Crippen LogP contribution in [0.4, 0.5) is 25.0 Å². The number of carbonyl (C=O) groups is 3. The van der Waals surface area contributed by atoms with E-state index in [0.717, 1.165) is 41.6 Å². The van der Waals surface area contributed by atoms with E-state index in [-0.39, 0.29) is 47.3 Å². The second-order valence-electron chi connectivity index (χ2n) is 11.6. The van der Waals surface area contributed by atoms with Crippen LogP contribution in [0.1, 0.15) is 37.3 Å². The SMILES string of the molecule is N#C/C(=C\C1CC1)C(=O)N1CCCC(NC(=O)[C@@H]2Sc3nccc4c3C2NC(=O)N4c2c(F)cc(Oc3ccccc3)cc2F)C1. The fourth-order valence-electron chi connectivity index (χ4n) is 6.07. The lowest BCUT2D eigenvalue weighted by Crippen LogP contribution is -2.54. The minimum absolute atomic E-state index is 0.0711. The number of para-hydroxylation sites is 1. The minimum atomic E-state index is -1.01. The van der Waals surface area contributed by atoms with Gasteiger partial charge in [0.1, 0.15) is 39.1 Å². The summed E-state index contributed by atoms with van der Waals surface area (Å²) >= 11 is 1.16. The van der Waals surface area contributed by atoms with Crippen molar-refractivity contribution in [1.29, 1.82) is 5.26 Å². The summed E-state index contributed by atoms with van der Waals surface area (Å²) in [6.07, 6.45) is 6.42. The normalized spacial score (nSPS) is 22.1. The molecule has 4 aliphatic rings. The Bertz CT molecular complexity index is 1790. The van der Waals surface area contributed by atoms with E-state index in [4.69, 9.17) is 4.74 Å². The van der Waals surface area contributed by atoms with Crippen LogP contribution in [0.5, 0.6) is 11.5 Å². The molecule has 46 heavy (non-hydrogen) atoms. The lowest BCUT2D eigenvalue weighted by molar-refractivity contribution is -0.129. The zero-order valence-electron chi connectivity index (χ0n) is 24.4. The van der Waals surface area contributed by atoms with Gasteiger partial charge in [0.2, 0.25) is 5.91 Å². The number of nitrogens with one attached hydrogen (secondary N) is 2. The fourth-order valence-corrected chi connectivity index (χ4v) is 7.31. The van der Waals surface area contributed by atoms with E-state index < -0.39 is 34.6 Å². The number of aromatic nitrogens is 1. The summed E-state index contributed by atoms with van der Waals surface area (Å²) in [7, 11) is 0. The summed E-state index contributed by atoms with van der Waals surface area (Å²) < 4.78 is 36.6. The van der Waals surface area contributed by atoms with E-state index in [1.165, 1.54) is 12.3 Å². The fraction of sp³-hybridized carbons (Fsp3) is 0.303. The molecule has 7 rings (SSSR count). The third kappa shape index (κ3) is 5.64. The van der Waals surface area contributed by atoms with Crippen LogP contribution in [-0.4, -0.2) is 52.1 Å². The van der Waals surface area contributed by atoms with Gasteiger partial charge in [-0.05, 0) is 49.8 Å². The lowest BCUT2D eigenvalue weighted by atomic mass is 9.99. The molecule has 2 aromatic carbocycles. The number of hydrogen-bond donors (Lipinski definition) is 2. The predicted molar refractivity (Wildman–Crippen MR) is 164 cm³/mol. The Kier molecular flexibility index (Phi) is 7.82. The number of rotatable bonds is 7. The van der Waals surface area contributed by atoms with Crippen LogP contribution in [0.25, 0.3) is 0 Å². The summed E-state index contributed by atoms with van der Waals surface area (Å²) in [5, 5.41) is 14.9. The maximum atomic E-state index is 15.5. The van der Waals surface area contributed by atoms with Gasteiger partial charge in [0.15, 0.2) is 11.6 Å². The van der Waals surface area contributed by atoms with Gasteiger partial charge >= 0.3 is 6.03 Å². The molecule has 1 aromatic heterocycles. The number of anilines is 2. The van der Waals surface area contributed by atoms with E-state index >= 15 is 8.78 Å². The van der Waals surface area contributed by atoms with Crippen molar-refractivity contribution in [2.24, 2.45) is 5.92 Å². The van der Waals surface area contributed by atoms with Crippen molar-refractivity contribution < 1.29 is 27.9 Å². The molecule has 3 aromatic rings. The van der Waals surface area contributed by atoms with Crippen molar-refractivity contribution in [2.75, 3.05) is 18.0 Å². The Labute approximate surface area is 267 Å². The maximum absolute atomic E-state index is 15.5. The first kappa shape index (κ1) is 29.7. The number of likely N-dealkylation sites (tertiary alicyclic amines) is 1. The third-order valence-corrected chi connectivity index (χ3v) is 9.68. The van der Waals surface area contributed by atoms with Crippen molar-refractivity contribution in [3.05, 3.63) is 83.6 Å². The lowest BCUT2D eigenvalue weighted by Gasteiger charge is -2.36. The van der Waals surface area contributed by atoms with Crippen LogP contribution in [0.3, 0.4) is 0 Å². The number of urea groups is 1. The van der Waals surface area contributed by atoms with Crippen LogP contribution >= 0.6 is 11.8 Å². The highest BCUT2D eigenvalue weighted by Crippen LogP contribution is 2.51. The highest BCUT2D eigenvalue weighted by atomic mass is 32.2. The second-order valence-corrected chi connectivity index (χ2v) is 12.8. The van der Waals surface area contributed by atoms with E-state index in [1.54, 1.807) is 41.3 Å². The van der Waals surface area contributed by atoms with Crippen LogP contribution in [0.2, 0.25) is 0 Å². The van der Waals surface area contributed by atoms with E-state index in [0.29, 0.717) is 35.7 Å². The first-order valence-electron chi connectivity index (χ1n) is 15.0. The van der Waals surface area contributed by atoms with Gasteiger partial charge in [0.05, 0.1) is 11.7 Å². The van der Waals surface area contributed by atoms with E-state index in [2.05, 4.69) is 15.6 Å². The maximum Gasteiger partial charge on any atom is 0.327 e. The van der Waals surface area contributed by atoms with Gasteiger partial charge in [-0.15, -0.1) is 0 Å². The molecule has 0 radical (unpaired) electrons. The number of carbonyl (C=O) groups excluding carboxylic acids is 3. The zero-order chi connectivity index (χ0) is 31.9. The molecule has 3 aliphatic heterocycles. The first-order chi connectivity index (χ1) is 22.3. The molecule has 1 saturated carbocycles. The van der Waals surface area contributed by atoms with Gasteiger partial charge in [-0.25, -0.2) is 18.6 Å². The van der Waals surface area contributed by atoms with Gasteiger partial charge in [0.25, 0.3) is 5.91 Å². The number of pyridine rings is 1. The number of allylic oxidation sites excluding steroid dienone is 1. The molecule has 2 fully saturated rings. The Balaban J connectivity index is 1.09. The molecule has 2 unspecified atom stereocenters. The average molecular weight is 643 g/mol. The van der Waals surface area contributed by atoms with E-state index in [1.807, 2.05) is 6.07 Å². The highest BCUT2D eigenvalue weighted by Gasteiger charge is 2.48. The number of hydrogen-bond acceptors (Lipinski definition) is 7. The van der Waals surface area contributed by atoms with Crippen LogP contribution in [-0.2, 0) is 9.59 Å². The summed E-state index contributed by atoms with van der Waals surface area (Å²) in [6, 6.07) is 12.1. The predicted octanol–water partition coefficient (Wildman–Crippen LogP) is 5.50. The third-order valence-electron chi connectivity index (χ3n) is 8.39. The first-order valence-corrected chi connectivity index (χ1v) is 15.9. The van der Waals surface area contributed by atoms with Gasteiger partial charge in [-0.1, -0.05) is 36.0 Å². The largest absolute Gasteiger partial charge is 0.457 e. The molecule has 10 nitrogen and oxygen atoms in total. The Morgan fingerprint density at radius 2 is 1.87 bits per heavy atom. The summed E-state index contributed by atoms with van der Waals surface area (Å²) in [5.41, 5.74) is 0.259. The molecule has 0 spiro atoms. The van der Waals surface area contributed by atoms with Gasteiger partial charge < -0.3 is 20.3 Å². The van der Waals surface area contributed by atoms with Crippen molar-refractivity contribution in [1.82, 2.24) is 20.5 Å². The topological polar surface area (TPSA) is 128 Å². The standard InChI is InChI=1S/C33H28F2N6O4S/c34-23-14-22(45-21-6-2-1-3-7-21)15-24(35)28(23)41-25-10-11-37-31-26(25)27(39-33(41)44)29(46-31)30(42)38-20-5-4-12-40(17-20)32(43)19(16-36)13-18-8-9-18/h1-3,6-7,10-11,13-15,18,20,27,29H,4-5,8-9,12,17H2,(H,38,42)(H,39,44)/b19-13+/t20?,27?,29-/m1/s1. The van der Waals surface area contributed by atoms with Gasteiger partial charge in [0, 0.05) is 43.0 Å². The Hall–Kier alpha value is -4.96. The highest BCUT2D eigenvalue weighted by molar-refractivity contribution is 8.01. The summed E-state index contributed by atoms with van der Waals surface area (Å²) in [4.78, 5) is 47.0. The number of benzene rings is 2. The summed E-state index contributed by atoms with van der Waals surface area (Å²) in [6.45, 7) is 0.752. The van der Waals surface area contributed by atoms with Crippen LogP contribution in [0, 0.1) is 28.9 Å². The van der Waals surface area contributed by atoms with Crippen LogP contribution < -0.4 is 20.3 Å². The molecule has 1 aliphatic carbocycles. The zero-order valence-corrected chi connectivity index (χ0v) is 25.2. The summed E-state index contributed by atoms with van der Waals surface area (Å²) in [5.74, 6) is -2.10. The minimum Gasteiger partial charge on any atom is -0.457 e. The molecule has 13 heteroatoms. The molecule has 1 saturated heterocycles. The van der Waals surface area contributed by atoms with Gasteiger partial charge in [-0.2, -0.15) is 5.26 Å². The molecule has 0 bridgehead atoms. The van der Waals surface area contributed by atoms with Crippen LogP contribution in [0.15, 0.2) is 71.4 Å². The second kappa shape index (κ2) is 12.1. The number of halogens is 2. The Morgan fingerprint density at radius 1 is 1.11 bits per heavy atom. The number of amides is 4. The Morgan fingerprint density at radius 3 is 2.59 bits per heavy atom. The quantitative estimate of drug-likeness (QED) is 0.258. The van der Waals surface area contributed by atoms with Crippen molar-refractivity contribution in [2.45, 2.75) is 48.0 Å². The monoisotopic (exact) mass is 642 g/mol. The number of nitriles is 1. The number of ether oxygens (including phenoxy) is 1.